The topological polar surface area (TPSA) is 59.3 Å². The van der Waals surface area contributed by atoms with Gasteiger partial charge in [0.25, 0.3) is 10.0 Å². The summed E-state index contributed by atoms with van der Waals surface area (Å²) in [5.74, 6) is 1.66. The number of hydrogen-bond donors (Lipinski definition) is 1. The van der Waals surface area contributed by atoms with Crippen LogP contribution in [-0.4, -0.2) is 8.42 Å². The van der Waals surface area contributed by atoms with Crippen LogP contribution in [0.15, 0.2) is 51.8 Å². The fourth-order valence-electron chi connectivity index (χ4n) is 4.65. The van der Waals surface area contributed by atoms with E-state index in [-0.39, 0.29) is 15.7 Å². The van der Waals surface area contributed by atoms with Crippen LogP contribution in [0.1, 0.15) is 71.3 Å². The summed E-state index contributed by atoms with van der Waals surface area (Å²) in [5, 5.41) is 1.03. The minimum atomic E-state index is -3.67. The maximum atomic E-state index is 13.0. The molecule has 0 unspecified atom stereocenters. The van der Waals surface area contributed by atoms with Gasteiger partial charge in [-0.25, -0.2) is 8.42 Å². The van der Waals surface area contributed by atoms with E-state index < -0.39 is 10.0 Å². The Morgan fingerprint density at radius 3 is 2.34 bits per heavy atom. The summed E-state index contributed by atoms with van der Waals surface area (Å²) in [7, 11) is -3.67. The zero-order valence-electron chi connectivity index (χ0n) is 20.1. The number of fused-ring (bicyclic) bond motifs is 3. The monoisotopic (exact) mass is 453 g/mol. The van der Waals surface area contributed by atoms with Crippen LogP contribution in [0.25, 0.3) is 11.0 Å². The van der Waals surface area contributed by atoms with Gasteiger partial charge >= 0.3 is 0 Å². The van der Waals surface area contributed by atoms with Gasteiger partial charge in [-0.3, -0.25) is 4.72 Å². The van der Waals surface area contributed by atoms with Gasteiger partial charge in [-0.15, -0.1) is 0 Å². The molecule has 0 amide bonds. The molecule has 0 radical (unpaired) electrons. The van der Waals surface area contributed by atoms with E-state index in [9.17, 15) is 8.42 Å². The molecule has 1 atom stereocenters. The molecule has 0 aliphatic heterocycles. The van der Waals surface area contributed by atoms with Gasteiger partial charge in [0.1, 0.15) is 11.3 Å². The normalized spacial score (nSPS) is 17.4. The van der Waals surface area contributed by atoms with E-state index in [0.29, 0.717) is 11.6 Å². The average molecular weight is 454 g/mol. The van der Waals surface area contributed by atoms with Crippen molar-refractivity contribution in [2.75, 3.05) is 4.72 Å². The number of furan rings is 1. The lowest BCUT2D eigenvalue weighted by Crippen LogP contribution is -2.28. The Morgan fingerprint density at radius 1 is 1.03 bits per heavy atom. The largest absolute Gasteiger partial charge is 0.461 e. The van der Waals surface area contributed by atoms with Gasteiger partial charge in [-0.05, 0) is 65.5 Å². The number of benzene rings is 2. The van der Waals surface area contributed by atoms with Gasteiger partial charge in [-0.2, -0.15) is 0 Å². The first-order valence-electron chi connectivity index (χ1n) is 11.6. The first kappa shape index (κ1) is 22.9. The van der Waals surface area contributed by atoms with E-state index in [2.05, 4.69) is 46.3 Å². The van der Waals surface area contributed by atoms with Gasteiger partial charge in [0, 0.05) is 23.1 Å². The number of nitrogens with one attached hydrogen (secondary N) is 1. The second-order valence-corrected chi connectivity index (χ2v) is 12.6. The van der Waals surface area contributed by atoms with E-state index in [4.69, 9.17) is 4.42 Å². The molecule has 0 saturated heterocycles. The summed E-state index contributed by atoms with van der Waals surface area (Å²) in [6.07, 6.45) is 4.20. The van der Waals surface area contributed by atoms with Gasteiger partial charge in [0.15, 0.2) is 0 Å². The van der Waals surface area contributed by atoms with E-state index in [1.807, 2.05) is 24.3 Å². The SMILES string of the molecule is CCC(C)(C)[C@@H]1CCc2oc3ccc(NS(=O)(=O)c4ccc(C(C)(C)C)cc4)cc3c2C1. The molecule has 3 aromatic rings. The molecule has 1 N–H and O–H groups in total. The molecule has 172 valence electrons. The number of anilines is 1. The number of sulfonamides is 1. The third-order valence-electron chi connectivity index (χ3n) is 7.34. The van der Waals surface area contributed by atoms with Crippen molar-refractivity contribution in [3.05, 3.63) is 59.4 Å². The molecule has 0 saturated carbocycles. The second-order valence-electron chi connectivity index (χ2n) is 10.9. The summed E-state index contributed by atoms with van der Waals surface area (Å²) in [5.41, 5.74) is 4.01. The maximum Gasteiger partial charge on any atom is 0.261 e. The number of aryl methyl sites for hydroxylation is 1. The van der Waals surface area contributed by atoms with Crippen molar-refractivity contribution >= 4 is 26.7 Å². The molecule has 1 aromatic heterocycles. The lowest BCUT2D eigenvalue weighted by molar-refractivity contribution is 0.179. The van der Waals surface area contributed by atoms with Crippen molar-refractivity contribution in [1.82, 2.24) is 0 Å². The molecule has 0 spiro atoms. The highest BCUT2D eigenvalue weighted by molar-refractivity contribution is 7.92. The van der Waals surface area contributed by atoms with E-state index >= 15 is 0 Å². The Bertz CT molecular complexity index is 1230. The molecule has 4 rings (SSSR count). The first-order chi connectivity index (χ1) is 14.9. The summed E-state index contributed by atoms with van der Waals surface area (Å²) >= 11 is 0. The highest BCUT2D eigenvalue weighted by atomic mass is 32.2. The minimum absolute atomic E-state index is 0.0225. The molecule has 2 aromatic carbocycles. The van der Waals surface area contributed by atoms with Crippen LogP contribution in [-0.2, 0) is 28.3 Å². The zero-order valence-corrected chi connectivity index (χ0v) is 20.9. The Labute approximate surface area is 192 Å². The van der Waals surface area contributed by atoms with Crippen molar-refractivity contribution in [1.29, 1.82) is 0 Å². The van der Waals surface area contributed by atoms with Crippen molar-refractivity contribution < 1.29 is 12.8 Å². The molecule has 5 heteroatoms. The number of hydrogen-bond acceptors (Lipinski definition) is 3. The van der Waals surface area contributed by atoms with E-state index in [1.165, 1.54) is 5.56 Å². The van der Waals surface area contributed by atoms with E-state index in [0.717, 1.165) is 48.0 Å². The number of rotatable bonds is 5. The molecule has 1 heterocycles. The molecule has 0 fully saturated rings. The second kappa shape index (κ2) is 7.95. The first-order valence-corrected chi connectivity index (χ1v) is 13.1. The summed E-state index contributed by atoms with van der Waals surface area (Å²) in [6, 6.07) is 12.7. The average Bonchev–Trinajstić information content (AvgIpc) is 3.10. The summed E-state index contributed by atoms with van der Waals surface area (Å²) in [4.78, 5) is 0.268. The summed E-state index contributed by atoms with van der Waals surface area (Å²) in [6.45, 7) is 13.3. The van der Waals surface area contributed by atoms with Crippen LogP contribution in [0.5, 0.6) is 0 Å². The van der Waals surface area contributed by atoms with Crippen LogP contribution in [0, 0.1) is 11.3 Å². The van der Waals surface area contributed by atoms with Gasteiger partial charge < -0.3 is 4.42 Å². The molecule has 1 aliphatic carbocycles. The molecule has 1 aliphatic rings. The lowest BCUT2D eigenvalue weighted by Gasteiger charge is -2.36. The van der Waals surface area contributed by atoms with Crippen LogP contribution >= 0.6 is 0 Å². The van der Waals surface area contributed by atoms with E-state index in [1.54, 1.807) is 18.2 Å². The minimum Gasteiger partial charge on any atom is -0.461 e. The van der Waals surface area contributed by atoms with Gasteiger partial charge in [0.2, 0.25) is 0 Å². The molecule has 0 bridgehead atoms. The van der Waals surface area contributed by atoms with Crippen LogP contribution in [0.2, 0.25) is 0 Å². The molecular formula is C27H35NO3S. The Morgan fingerprint density at radius 2 is 1.72 bits per heavy atom. The molecular weight excluding hydrogens is 418 g/mol. The Hall–Kier alpha value is -2.27. The quantitative estimate of drug-likeness (QED) is 0.449. The Balaban J connectivity index is 1.63. The molecule has 4 nitrogen and oxygen atoms in total. The smallest absolute Gasteiger partial charge is 0.261 e. The van der Waals surface area contributed by atoms with Crippen molar-refractivity contribution in [3.63, 3.8) is 0 Å². The zero-order chi connectivity index (χ0) is 23.3. The predicted molar refractivity (Wildman–Crippen MR) is 132 cm³/mol. The predicted octanol–water partition coefficient (Wildman–Crippen LogP) is 7.07. The van der Waals surface area contributed by atoms with Gasteiger partial charge in [-0.1, -0.05) is 60.1 Å². The third-order valence-corrected chi connectivity index (χ3v) is 8.74. The van der Waals surface area contributed by atoms with Crippen LogP contribution in [0.3, 0.4) is 0 Å². The third kappa shape index (κ3) is 4.32. The Kier molecular flexibility index (Phi) is 5.69. The van der Waals surface area contributed by atoms with Crippen molar-refractivity contribution in [2.24, 2.45) is 11.3 Å². The lowest BCUT2D eigenvalue weighted by atomic mass is 9.69. The van der Waals surface area contributed by atoms with Crippen molar-refractivity contribution in [2.45, 2.75) is 77.5 Å². The fourth-order valence-corrected chi connectivity index (χ4v) is 5.70. The van der Waals surface area contributed by atoms with Crippen LogP contribution < -0.4 is 4.72 Å². The fraction of sp³-hybridized carbons (Fsp3) is 0.481. The van der Waals surface area contributed by atoms with Gasteiger partial charge in [0.05, 0.1) is 4.90 Å². The summed E-state index contributed by atoms with van der Waals surface area (Å²) < 4.78 is 34.9. The highest BCUT2D eigenvalue weighted by Gasteiger charge is 2.33. The maximum absolute atomic E-state index is 13.0. The highest BCUT2D eigenvalue weighted by Crippen LogP contribution is 2.43. The standard InChI is InChI=1S/C27H35NO3S/c1-7-27(5,6)19-10-14-24-22(16-19)23-17-20(11-15-25(23)31-24)28-32(29,30)21-12-8-18(9-13-21)26(2,3)4/h8-9,11-13,15,17,19,28H,7,10,14,16H2,1-6H3/t19-/m1/s1. The van der Waals surface area contributed by atoms with Crippen LogP contribution in [0.4, 0.5) is 5.69 Å². The van der Waals surface area contributed by atoms with Crippen molar-refractivity contribution in [3.8, 4) is 0 Å². The molecule has 32 heavy (non-hydrogen) atoms.